The normalized spacial score (nSPS) is 14.1. The van der Waals surface area contributed by atoms with Crippen LogP contribution in [0.3, 0.4) is 0 Å². The number of likely N-dealkylation sites (N-methyl/N-ethyl adjacent to an activating group) is 2. The van der Waals surface area contributed by atoms with Gasteiger partial charge in [0, 0.05) is 33.6 Å². The zero-order valence-electron chi connectivity index (χ0n) is 24.9. The van der Waals surface area contributed by atoms with Crippen molar-refractivity contribution in [2.45, 2.75) is 46.3 Å². The highest BCUT2D eigenvalue weighted by Crippen LogP contribution is 2.20. The number of rotatable bonds is 8. The Hall–Kier alpha value is -4.44. The summed E-state index contributed by atoms with van der Waals surface area (Å²) in [6.45, 7) is 6.30. The van der Waals surface area contributed by atoms with Gasteiger partial charge < -0.3 is 20.2 Å². The van der Waals surface area contributed by atoms with Crippen LogP contribution in [0.1, 0.15) is 36.1 Å². The number of nitrogens with one attached hydrogen (secondary N) is 1. The van der Waals surface area contributed by atoms with Crippen LogP contribution in [0.4, 0.5) is 9.18 Å². The van der Waals surface area contributed by atoms with E-state index in [1.165, 1.54) is 39.2 Å². The van der Waals surface area contributed by atoms with Gasteiger partial charge in [-0.2, -0.15) is 0 Å². The van der Waals surface area contributed by atoms with Crippen molar-refractivity contribution < 1.29 is 23.9 Å². The number of hydrazine groups is 1. The zero-order chi connectivity index (χ0) is 30.8. The molecule has 224 valence electrons. The molecule has 1 atom stereocenters. The zero-order valence-corrected chi connectivity index (χ0v) is 24.9. The maximum Gasteiger partial charge on any atom is 0.333 e. The van der Waals surface area contributed by atoms with Crippen LogP contribution in [0.5, 0.6) is 5.75 Å². The summed E-state index contributed by atoms with van der Waals surface area (Å²) >= 11 is 0. The standard InChI is InChI=1S/C30H34FN5O4.C2H6/c1-21-4-6-24(7-5-21)18-33(2)29(39)27(16-22-10-14-26(37)15-11-22)35-20-36(34(3)19-28(35)38)30(40)32-17-23-8-12-25(31)13-9-23;1-2/h4-15,27,37H,16-20H2,1-3H3,(H,32,40);1-2H3. The number of carbonyl (C=O) groups is 3. The van der Waals surface area contributed by atoms with E-state index in [4.69, 9.17) is 0 Å². The third-order valence-corrected chi connectivity index (χ3v) is 6.92. The van der Waals surface area contributed by atoms with Crippen LogP contribution in [0.25, 0.3) is 0 Å². The topological polar surface area (TPSA) is 96.4 Å². The van der Waals surface area contributed by atoms with Crippen LogP contribution < -0.4 is 5.32 Å². The number of nitrogens with zero attached hydrogens (tertiary/aromatic N) is 4. The Balaban J connectivity index is 0.00000237. The van der Waals surface area contributed by atoms with Gasteiger partial charge in [0.15, 0.2) is 0 Å². The molecule has 4 rings (SSSR count). The minimum absolute atomic E-state index is 0.0923. The van der Waals surface area contributed by atoms with Crippen LogP contribution >= 0.6 is 0 Å². The molecule has 1 aliphatic heterocycles. The summed E-state index contributed by atoms with van der Waals surface area (Å²) in [7, 11) is 3.33. The summed E-state index contributed by atoms with van der Waals surface area (Å²) in [4.78, 5) is 43.3. The second-order valence-electron chi connectivity index (χ2n) is 10.1. The first kappa shape index (κ1) is 32.1. The Labute approximate surface area is 247 Å². The number of phenols is 1. The number of urea groups is 1. The van der Waals surface area contributed by atoms with E-state index in [0.29, 0.717) is 6.54 Å². The van der Waals surface area contributed by atoms with Crippen LogP contribution in [0.15, 0.2) is 72.8 Å². The van der Waals surface area contributed by atoms with Gasteiger partial charge >= 0.3 is 6.03 Å². The van der Waals surface area contributed by atoms with Crippen LogP contribution in [-0.2, 0) is 29.1 Å². The number of aromatic hydroxyl groups is 1. The summed E-state index contributed by atoms with van der Waals surface area (Å²) in [5, 5.41) is 15.4. The number of hydrogen-bond acceptors (Lipinski definition) is 5. The maximum atomic E-state index is 13.8. The highest BCUT2D eigenvalue weighted by atomic mass is 19.1. The van der Waals surface area contributed by atoms with Gasteiger partial charge in [-0.3, -0.25) is 9.59 Å². The predicted octanol–water partition coefficient (Wildman–Crippen LogP) is 4.29. The lowest BCUT2D eigenvalue weighted by molar-refractivity contribution is -0.160. The first-order valence-corrected chi connectivity index (χ1v) is 14.0. The average molecular weight is 578 g/mol. The first-order chi connectivity index (χ1) is 20.1. The van der Waals surface area contributed by atoms with Gasteiger partial charge in [0.05, 0.1) is 6.54 Å². The molecule has 0 saturated carbocycles. The third-order valence-electron chi connectivity index (χ3n) is 6.92. The molecule has 9 nitrogen and oxygen atoms in total. The molecule has 42 heavy (non-hydrogen) atoms. The summed E-state index contributed by atoms with van der Waals surface area (Å²) in [5.41, 5.74) is 3.56. The second-order valence-corrected chi connectivity index (χ2v) is 10.1. The van der Waals surface area contributed by atoms with Gasteiger partial charge in [0.1, 0.15) is 24.3 Å². The van der Waals surface area contributed by atoms with Crippen molar-refractivity contribution in [1.29, 1.82) is 0 Å². The van der Waals surface area contributed by atoms with Gasteiger partial charge in [0.25, 0.3) is 0 Å². The molecule has 10 heteroatoms. The number of halogens is 1. The van der Waals surface area contributed by atoms with E-state index in [1.54, 1.807) is 43.3 Å². The Kier molecular flexibility index (Phi) is 11.4. The fraction of sp³-hybridized carbons (Fsp3) is 0.344. The number of carbonyl (C=O) groups excluding carboxylic acids is 3. The Morgan fingerprint density at radius 3 is 2.14 bits per heavy atom. The van der Waals surface area contributed by atoms with Crippen molar-refractivity contribution in [3.05, 3.63) is 101 Å². The quantitative estimate of drug-likeness (QED) is 0.417. The van der Waals surface area contributed by atoms with E-state index in [9.17, 15) is 23.9 Å². The Morgan fingerprint density at radius 1 is 0.952 bits per heavy atom. The molecule has 1 heterocycles. The lowest BCUT2D eigenvalue weighted by Gasteiger charge is -2.44. The van der Waals surface area contributed by atoms with E-state index in [-0.39, 0.29) is 49.6 Å². The summed E-state index contributed by atoms with van der Waals surface area (Å²) in [5.74, 6) is -0.816. The van der Waals surface area contributed by atoms with E-state index in [0.717, 1.165) is 22.3 Å². The molecule has 3 aromatic carbocycles. The van der Waals surface area contributed by atoms with Crippen molar-refractivity contribution in [3.8, 4) is 5.75 Å². The van der Waals surface area contributed by atoms with Gasteiger partial charge in [0.2, 0.25) is 11.8 Å². The molecule has 0 aliphatic carbocycles. The molecule has 2 N–H and O–H groups in total. The van der Waals surface area contributed by atoms with Crippen molar-refractivity contribution >= 4 is 17.8 Å². The van der Waals surface area contributed by atoms with Crippen molar-refractivity contribution in [1.82, 2.24) is 25.1 Å². The molecule has 3 aromatic rings. The van der Waals surface area contributed by atoms with Crippen LogP contribution in [-0.4, -0.2) is 76.1 Å². The van der Waals surface area contributed by atoms with Crippen molar-refractivity contribution in [3.63, 3.8) is 0 Å². The van der Waals surface area contributed by atoms with Crippen LogP contribution in [0.2, 0.25) is 0 Å². The number of phenolic OH excluding ortho intramolecular Hbond substituents is 1. The van der Waals surface area contributed by atoms with Crippen molar-refractivity contribution in [2.24, 2.45) is 0 Å². The highest BCUT2D eigenvalue weighted by Gasteiger charge is 2.39. The molecule has 1 saturated heterocycles. The maximum absolute atomic E-state index is 13.8. The number of aryl methyl sites for hydroxylation is 1. The summed E-state index contributed by atoms with van der Waals surface area (Å²) in [6, 6.07) is 18.9. The van der Waals surface area contributed by atoms with E-state index >= 15 is 0 Å². The van der Waals surface area contributed by atoms with E-state index < -0.39 is 12.1 Å². The Morgan fingerprint density at radius 2 is 1.52 bits per heavy atom. The monoisotopic (exact) mass is 577 g/mol. The minimum Gasteiger partial charge on any atom is -0.508 e. The molecule has 1 fully saturated rings. The largest absolute Gasteiger partial charge is 0.508 e. The van der Waals surface area contributed by atoms with Gasteiger partial charge in [-0.15, -0.1) is 0 Å². The van der Waals surface area contributed by atoms with Gasteiger partial charge in [-0.05, 0) is 47.9 Å². The van der Waals surface area contributed by atoms with Gasteiger partial charge in [-0.1, -0.05) is 67.9 Å². The Bertz CT molecular complexity index is 1330. The molecular formula is C32H40FN5O4. The molecule has 0 radical (unpaired) electrons. The lowest BCUT2D eigenvalue weighted by Crippen LogP contribution is -2.65. The fourth-order valence-electron chi connectivity index (χ4n) is 4.55. The molecule has 0 bridgehead atoms. The molecule has 0 spiro atoms. The van der Waals surface area contributed by atoms with Crippen LogP contribution in [0, 0.1) is 12.7 Å². The predicted molar refractivity (Wildman–Crippen MR) is 159 cm³/mol. The molecule has 1 unspecified atom stereocenters. The molecular weight excluding hydrogens is 537 g/mol. The second kappa shape index (κ2) is 15.0. The third kappa shape index (κ3) is 8.53. The number of amides is 4. The van der Waals surface area contributed by atoms with E-state index in [2.05, 4.69) is 5.32 Å². The van der Waals surface area contributed by atoms with E-state index in [1.807, 2.05) is 45.0 Å². The molecule has 0 aromatic heterocycles. The molecule has 4 amide bonds. The fourth-order valence-corrected chi connectivity index (χ4v) is 4.55. The summed E-state index contributed by atoms with van der Waals surface area (Å²) in [6.07, 6.45) is 0.206. The number of benzene rings is 3. The van der Waals surface area contributed by atoms with Gasteiger partial charge in [-0.25, -0.2) is 19.2 Å². The lowest BCUT2D eigenvalue weighted by atomic mass is 10.0. The highest BCUT2D eigenvalue weighted by molar-refractivity contribution is 5.89. The van der Waals surface area contributed by atoms with Crippen molar-refractivity contribution in [2.75, 3.05) is 27.3 Å². The summed E-state index contributed by atoms with van der Waals surface area (Å²) < 4.78 is 13.2. The molecule has 1 aliphatic rings. The SMILES string of the molecule is CC.Cc1ccc(CN(C)C(=O)C(Cc2ccc(O)cc2)N2CN(C(=O)NCc3ccc(F)cc3)N(C)CC2=O)cc1. The first-order valence-electron chi connectivity index (χ1n) is 14.0. The minimum atomic E-state index is -0.881. The number of hydrogen-bond donors (Lipinski definition) is 2. The average Bonchev–Trinajstić information content (AvgIpc) is 2.98. The smallest absolute Gasteiger partial charge is 0.333 e.